The van der Waals surface area contributed by atoms with E-state index in [4.69, 9.17) is 4.74 Å². The predicted molar refractivity (Wildman–Crippen MR) is 103 cm³/mol. The Morgan fingerprint density at radius 3 is 2.55 bits per heavy atom. The van der Waals surface area contributed by atoms with E-state index in [1.54, 1.807) is 24.3 Å². The molecule has 0 amide bonds. The van der Waals surface area contributed by atoms with E-state index in [2.05, 4.69) is 5.10 Å². The van der Waals surface area contributed by atoms with Crippen LogP contribution in [0.2, 0.25) is 0 Å². The number of halogens is 1. The summed E-state index contributed by atoms with van der Waals surface area (Å²) in [5.41, 5.74) is 0.333. The van der Waals surface area contributed by atoms with Crippen molar-refractivity contribution in [1.29, 1.82) is 0 Å². The Morgan fingerprint density at radius 2 is 1.86 bits per heavy atom. The highest BCUT2D eigenvalue weighted by molar-refractivity contribution is 7.89. The number of nitrogens with zero attached hydrogens (tertiary/aromatic N) is 4. The number of aromatic nitrogens is 3. The van der Waals surface area contributed by atoms with Crippen LogP contribution in [0, 0.1) is 5.82 Å². The third-order valence-electron chi connectivity index (χ3n) is 4.94. The summed E-state index contributed by atoms with van der Waals surface area (Å²) in [5.74, 6) is -0.330. The van der Waals surface area contributed by atoms with E-state index in [0.29, 0.717) is 11.4 Å². The minimum absolute atomic E-state index is 0.0279. The van der Waals surface area contributed by atoms with Gasteiger partial charge in [0.2, 0.25) is 10.0 Å². The number of aryl methyl sites for hydroxylation is 1. The third-order valence-corrected chi connectivity index (χ3v) is 6.83. The maximum Gasteiger partial charge on any atom is 0.345 e. The molecule has 0 bridgehead atoms. The number of fused-ring (bicyclic) bond motifs is 1. The summed E-state index contributed by atoms with van der Waals surface area (Å²) in [4.78, 5) is 12.1. The van der Waals surface area contributed by atoms with Gasteiger partial charge in [-0.2, -0.15) is 9.40 Å². The minimum atomic E-state index is -4.17. The maximum absolute atomic E-state index is 13.9. The lowest BCUT2D eigenvalue weighted by atomic mass is 10.1. The average Bonchev–Trinajstić information content (AvgIpc) is 3.02. The van der Waals surface area contributed by atoms with Gasteiger partial charge in [0.05, 0.1) is 7.11 Å². The molecule has 0 N–H and O–H groups in total. The number of ether oxygens (including phenoxy) is 1. The lowest BCUT2D eigenvalue weighted by molar-refractivity contribution is 0.287. The standard InChI is InChI=1S/C19H19FN4O4S/c1-22-19(25)23-10-11-24(17(18(23)21-22)13-6-4-3-5-7-13)29(26,27)16-12-14(20)8-9-15(16)28-2/h3-9,12,17H,10-11H2,1-2H3. The van der Waals surface area contributed by atoms with Crippen molar-refractivity contribution >= 4 is 10.0 Å². The highest BCUT2D eigenvalue weighted by Crippen LogP contribution is 2.37. The van der Waals surface area contributed by atoms with Crippen LogP contribution in [0.3, 0.4) is 0 Å². The lowest BCUT2D eigenvalue weighted by Gasteiger charge is -2.34. The number of methoxy groups -OCH3 is 1. The third kappa shape index (κ3) is 3.14. The second-order valence-corrected chi connectivity index (χ2v) is 8.50. The van der Waals surface area contributed by atoms with Crippen LogP contribution in [0.25, 0.3) is 0 Å². The van der Waals surface area contributed by atoms with E-state index in [-0.39, 0.29) is 29.4 Å². The molecular weight excluding hydrogens is 399 g/mol. The van der Waals surface area contributed by atoms with Gasteiger partial charge < -0.3 is 4.74 Å². The van der Waals surface area contributed by atoms with Crippen molar-refractivity contribution in [2.24, 2.45) is 7.05 Å². The molecular formula is C19H19FN4O4S. The average molecular weight is 418 g/mol. The molecule has 0 aliphatic carbocycles. The van der Waals surface area contributed by atoms with Crippen molar-refractivity contribution in [2.45, 2.75) is 17.5 Å². The molecule has 1 unspecified atom stereocenters. The highest BCUT2D eigenvalue weighted by Gasteiger charge is 2.41. The molecule has 4 rings (SSSR count). The Morgan fingerprint density at radius 1 is 1.14 bits per heavy atom. The van der Waals surface area contributed by atoms with Gasteiger partial charge >= 0.3 is 5.69 Å². The van der Waals surface area contributed by atoms with E-state index in [0.717, 1.165) is 12.1 Å². The van der Waals surface area contributed by atoms with E-state index in [1.807, 2.05) is 6.07 Å². The fourth-order valence-electron chi connectivity index (χ4n) is 3.58. The fraction of sp³-hybridized carbons (Fsp3) is 0.263. The predicted octanol–water partition coefficient (Wildman–Crippen LogP) is 1.52. The molecule has 0 radical (unpaired) electrons. The summed E-state index contributed by atoms with van der Waals surface area (Å²) < 4.78 is 50.1. The van der Waals surface area contributed by atoms with Crippen LogP contribution in [0.4, 0.5) is 4.39 Å². The van der Waals surface area contributed by atoms with Crippen LogP contribution < -0.4 is 10.4 Å². The van der Waals surface area contributed by atoms with Gasteiger partial charge in [-0.05, 0) is 23.8 Å². The summed E-state index contributed by atoms with van der Waals surface area (Å²) in [6.45, 7) is 0.169. The number of benzene rings is 2. The topological polar surface area (TPSA) is 86.4 Å². The first-order valence-corrected chi connectivity index (χ1v) is 10.3. The monoisotopic (exact) mass is 418 g/mol. The Labute approximate surface area is 166 Å². The smallest absolute Gasteiger partial charge is 0.345 e. The van der Waals surface area contributed by atoms with Gasteiger partial charge in [-0.15, -0.1) is 0 Å². The van der Waals surface area contributed by atoms with Crippen molar-refractivity contribution in [3.8, 4) is 5.75 Å². The van der Waals surface area contributed by atoms with Gasteiger partial charge in [-0.25, -0.2) is 22.3 Å². The van der Waals surface area contributed by atoms with Crippen molar-refractivity contribution in [3.63, 3.8) is 0 Å². The Balaban J connectivity index is 1.93. The number of rotatable bonds is 4. The molecule has 1 aromatic heterocycles. The molecule has 29 heavy (non-hydrogen) atoms. The SMILES string of the molecule is COc1ccc(F)cc1S(=O)(=O)N1CCn2c(nn(C)c2=O)C1c1ccccc1. The van der Waals surface area contributed by atoms with Gasteiger partial charge in [-0.3, -0.25) is 4.57 Å². The number of hydrogen-bond acceptors (Lipinski definition) is 5. The molecule has 1 aliphatic rings. The summed E-state index contributed by atoms with van der Waals surface area (Å²) >= 11 is 0. The van der Waals surface area contributed by atoms with Gasteiger partial charge in [-0.1, -0.05) is 30.3 Å². The van der Waals surface area contributed by atoms with Crippen molar-refractivity contribution < 1.29 is 17.5 Å². The Kier molecular flexibility index (Phi) is 4.75. The van der Waals surface area contributed by atoms with Crippen LogP contribution in [-0.4, -0.2) is 40.7 Å². The summed E-state index contributed by atoms with van der Waals surface area (Å²) in [5, 5.41) is 4.28. The largest absolute Gasteiger partial charge is 0.495 e. The van der Waals surface area contributed by atoms with Crippen molar-refractivity contribution in [2.75, 3.05) is 13.7 Å². The molecule has 8 nitrogen and oxygen atoms in total. The molecule has 0 saturated carbocycles. The zero-order valence-corrected chi connectivity index (χ0v) is 16.6. The summed E-state index contributed by atoms with van der Waals surface area (Å²) in [6.07, 6.45) is 0. The Bertz CT molecular complexity index is 1220. The van der Waals surface area contributed by atoms with E-state index < -0.39 is 21.9 Å². The van der Waals surface area contributed by atoms with Crippen LogP contribution >= 0.6 is 0 Å². The second-order valence-electron chi connectivity index (χ2n) is 6.64. The molecule has 2 aromatic carbocycles. The molecule has 3 aromatic rings. The van der Waals surface area contributed by atoms with Gasteiger partial charge in [0.1, 0.15) is 22.5 Å². The first kappa shape index (κ1) is 19.3. The second kappa shape index (κ2) is 7.12. The molecule has 0 spiro atoms. The highest BCUT2D eigenvalue weighted by atomic mass is 32.2. The summed E-state index contributed by atoms with van der Waals surface area (Å²) in [6, 6.07) is 11.4. The first-order chi connectivity index (χ1) is 13.8. The normalized spacial score (nSPS) is 17.1. The zero-order valence-electron chi connectivity index (χ0n) is 15.8. The van der Waals surface area contributed by atoms with E-state index in [1.165, 1.54) is 33.8 Å². The van der Waals surface area contributed by atoms with Crippen molar-refractivity contribution in [3.05, 3.63) is 76.2 Å². The van der Waals surface area contributed by atoms with Gasteiger partial charge in [0.25, 0.3) is 0 Å². The molecule has 1 aliphatic heterocycles. The maximum atomic E-state index is 13.9. The molecule has 0 fully saturated rings. The van der Waals surface area contributed by atoms with Crippen molar-refractivity contribution in [1.82, 2.24) is 18.7 Å². The first-order valence-electron chi connectivity index (χ1n) is 8.88. The van der Waals surface area contributed by atoms with Gasteiger partial charge in [0.15, 0.2) is 5.82 Å². The molecule has 2 heterocycles. The lowest BCUT2D eigenvalue weighted by Crippen LogP contribution is -2.44. The van der Waals surface area contributed by atoms with Crippen LogP contribution in [0.5, 0.6) is 5.75 Å². The summed E-state index contributed by atoms with van der Waals surface area (Å²) in [7, 11) is -1.32. The van der Waals surface area contributed by atoms with E-state index in [9.17, 15) is 17.6 Å². The number of sulfonamides is 1. The minimum Gasteiger partial charge on any atom is -0.495 e. The molecule has 1 atom stereocenters. The quantitative estimate of drug-likeness (QED) is 0.641. The van der Waals surface area contributed by atoms with Crippen LogP contribution in [0.1, 0.15) is 17.4 Å². The molecule has 10 heteroatoms. The molecule has 0 saturated heterocycles. The molecule has 152 valence electrons. The fourth-order valence-corrected chi connectivity index (χ4v) is 5.32. The van der Waals surface area contributed by atoms with E-state index >= 15 is 0 Å². The van der Waals surface area contributed by atoms with Crippen LogP contribution in [-0.2, 0) is 23.6 Å². The zero-order chi connectivity index (χ0) is 20.8. The Hall–Kier alpha value is -2.98. The van der Waals surface area contributed by atoms with Gasteiger partial charge in [0, 0.05) is 20.1 Å². The number of hydrogen-bond donors (Lipinski definition) is 0. The van der Waals surface area contributed by atoms with Crippen LogP contribution in [0.15, 0.2) is 58.2 Å².